The maximum atomic E-state index is 4.89. The van der Waals surface area contributed by atoms with Crippen molar-refractivity contribution in [1.82, 2.24) is 24.6 Å². The number of anilines is 1. The molecule has 1 aliphatic rings. The van der Waals surface area contributed by atoms with Crippen LogP contribution in [0.15, 0.2) is 42.7 Å². The zero-order valence-electron chi connectivity index (χ0n) is 17.5. The minimum absolute atomic E-state index is 0.386. The molecule has 6 nitrogen and oxygen atoms in total. The quantitative estimate of drug-likeness (QED) is 0.452. The Morgan fingerprint density at radius 2 is 2.10 bits per heavy atom. The summed E-state index contributed by atoms with van der Waals surface area (Å²) in [6, 6.07) is 10.3. The maximum Gasteiger partial charge on any atom is 0.157 e. The molecule has 30 heavy (non-hydrogen) atoms. The molecule has 4 aromatic heterocycles. The van der Waals surface area contributed by atoms with Gasteiger partial charge in [-0.25, -0.2) is 9.97 Å². The van der Waals surface area contributed by atoms with Gasteiger partial charge in [0.1, 0.15) is 5.82 Å². The number of aromatic nitrogens is 5. The van der Waals surface area contributed by atoms with Gasteiger partial charge in [0, 0.05) is 40.5 Å². The van der Waals surface area contributed by atoms with E-state index in [0.29, 0.717) is 17.8 Å². The van der Waals surface area contributed by atoms with E-state index in [2.05, 4.69) is 59.4 Å². The summed E-state index contributed by atoms with van der Waals surface area (Å²) < 4.78 is 1.88. The van der Waals surface area contributed by atoms with Crippen LogP contribution in [0.5, 0.6) is 0 Å². The minimum Gasteiger partial charge on any atom is -0.365 e. The molecule has 0 bridgehead atoms. The molecule has 1 fully saturated rings. The van der Waals surface area contributed by atoms with Crippen LogP contribution in [0, 0.1) is 19.8 Å². The average Bonchev–Trinajstić information content (AvgIpc) is 3.19. The normalized spacial score (nSPS) is 19.2. The number of rotatable bonds is 7. The third-order valence-corrected chi connectivity index (χ3v) is 7.03. The Bertz CT molecular complexity index is 1170. The molecule has 154 valence electrons. The first-order valence-electron chi connectivity index (χ1n) is 10.5. The Balaban J connectivity index is 1.33. The van der Waals surface area contributed by atoms with Crippen molar-refractivity contribution in [2.75, 3.05) is 5.32 Å². The summed E-state index contributed by atoms with van der Waals surface area (Å²) in [6.45, 7) is 7.14. The smallest absolute Gasteiger partial charge is 0.157 e. The Morgan fingerprint density at radius 3 is 2.87 bits per heavy atom. The molecule has 1 aliphatic carbocycles. The van der Waals surface area contributed by atoms with E-state index < -0.39 is 0 Å². The number of hydrogen-bond acceptors (Lipinski definition) is 6. The van der Waals surface area contributed by atoms with Crippen LogP contribution in [0.4, 0.5) is 5.82 Å². The third kappa shape index (κ3) is 3.81. The molecule has 0 spiro atoms. The van der Waals surface area contributed by atoms with E-state index in [1.807, 2.05) is 29.0 Å². The van der Waals surface area contributed by atoms with Crippen molar-refractivity contribution in [1.29, 1.82) is 0 Å². The molecular weight excluding hydrogens is 392 g/mol. The van der Waals surface area contributed by atoms with Gasteiger partial charge in [-0.05, 0) is 50.7 Å². The SMILES string of the molecule is Cc1nc(C)c(CNc2cc(C(C)C[C@@H]3C[C@H]3c3ccccn3)nc3ccnn23)s1. The lowest BCUT2D eigenvalue weighted by Crippen LogP contribution is -2.09. The van der Waals surface area contributed by atoms with Crippen LogP contribution in [-0.2, 0) is 6.54 Å². The van der Waals surface area contributed by atoms with E-state index in [1.54, 1.807) is 11.3 Å². The summed E-state index contributed by atoms with van der Waals surface area (Å²) in [4.78, 5) is 15.2. The molecule has 1 saturated carbocycles. The van der Waals surface area contributed by atoms with Gasteiger partial charge in [0.2, 0.25) is 0 Å². The summed E-state index contributed by atoms with van der Waals surface area (Å²) >= 11 is 1.74. The van der Waals surface area contributed by atoms with E-state index in [9.17, 15) is 0 Å². The van der Waals surface area contributed by atoms with Crippen LogP contribution in [0.2, 0.25) is 0 Å². The molecule has 0 aromatic carbocycles. The van der Waals surface area contributed by atoms with Gasteiger partial charge in [-0.1, -0.05) is 13.0 Å². The predicted octanol–water partition coefficient (Wildman–Crippen LogP) is 5.11. The highest BCUT2D eigenvalue weighted by Gasteiger charge is 2.40. The van der Waals surface area contributed by atoms with Gasteiger partial charge < -0.3 is 5.32 Å². The predicted molar refractivity (Wildman–Crippen MR) is 120 cm³/mol. The van der Waals surface area contributed by atoms with Gasteiger partial charge in [0.15, 0.2) is 5.65 Å². The molecule has 4 aromatic rings. The van der Waals surface area contributed by atoms with E-state index in [1.165, 1.54) is 17.0 Å². The van der Waals surface area contributed by atoms with Crippen LogP contribution in [0.3, 0.4) is 0 Å². The summed E-state index contributed by atoms with van der Waals surface area (Å²) in [5.74, 6) is 2.66. The van der Waals surface area contributed by atoms with Gasteiger partial charge in [-0.2, -0.15) is 9.61 Å². The largest absolute Gasteiger partial charge is 0.365 e. The van der Waals surface area contributed by atoms with Crippen LogP contribution in [0.25, 0.3) is 5.65 Å². The van der Waals surface area contributed by atoms with Gasteiger partial charge in [0.05, 0.1) is 23.4 Å². The van der Waals surface area contributed by atoms with Crippen LogP contribution >= 0.6 is 11.3 Å². The van der Waals surface area contributed by atoms with Gasteiger partial charge in [0.25, 0.3) is 0 Å². The number of pyridine rings is 1. The van der Waals surface area contributed by atoms with E-state index in [-0.39, 0.29) is 0 Å². The number of aryl methyl sites for hydroxylation is 2. The lowest BCUT2D eigenvalue weighted by atomic mass is 9.98. The molecule has 0 amide bonds. The van der Waals surface area contributed by atoms with Crippen LogP contribution in [-0.4, -0.2) is 24.6 Å². The number of thiazole rings is 1. The molecule has 5 rings (SSSR count). The van der Waals surface area contributed by atoms with Crippen molar-refractivity contribution in [2.45, 2.75) is 52.0 Å². The Hall–Kier alpha value is -2.80. The van der Waals surface area contributed by atoms with Crippen molar-refractivity contribution >= 4 is 22.8 Å². The van der Waals surface area contributed by atoms with Crippen molar-refractivity contribution < 1.29 is 0 Å². The number of nitrogens with zero attached hydrogens (tertiary/aromatic N) is 5. The molecule has 4 heterocycles. The summed E-state index contributed by atoms with van der Waals surface area (Å²) in [5, 5.41) is 9.12. The molecule has 0 radical (unpaired) electrons. The molecule has 1 N–H and O–H groups in total. The first-order valence-corrected chi connectivity index (χ1v) is 11.3. The zero-order valence-corrected chi connectivity index (χ0v) is 18.4. The monoisotopic (exact) mass is 418 g/mol. The Kier molecular flexibility index (Phi) is 4.98. The van der Waals surface area contributed by atoms with E-state index >= 15 is 0 Å². The van der Waals surface area contributed by atoms with Crippen LogP contribution in [0.1, 0.15) is 58.6 Å². The lowest BCUT2D eigenvalue weighted by Gasteiger charge is -2.15. The van der Waals surface area contributed by atoms with Crippen LogP contribution < -0.4 is 5.32 Å². The molecular formula is C23H26N6S. The first kappa shape index (κ1) is 19.2. The third-order valence-electron chi connectivity index (χ3n) is 5.96. The second kappa shape index (κ2) is 7.80. The fourth-order valence-corrected chi connectivity index (χ4v) is 5.14. The van der Waals surface area contributed by atoms with Crippen molar-refractivity contribution in [3.63, 3.8) is 0 Å². The fraction of sp³-hybridized carbons (Fsp3) is 0.391. The summed E-state index contributed by atoms with van der Waals surface area (Å²) in [7, 11) is 0. The molecule has 0 saturated heterocycles. The first-order chi connectivity index (χ1) is 14.6. The standard InChI is InChI=1S/C23H26N6S/c1-14(10-17-11-18(17)19-6-4-5-8-24-19)20-12-23(29-22(28-20)7-9-26-29)25-13-21-15(2)27-16(3)30-21/h4-9,12,14,17-18,25H,10-11,13H2,1-3H3/t14?,17-,18-/m1/s1. The van der Waals surface area contributed by atoms with E-state index in [4.69, 9.17) is 4.98 Å². The number of nitrogens with one attached hydrogen (secondary N) is 1. The second-order valence-electron chi connectivity index (χ2n) is 8.26. The summed E-state index contributed by atoms with van der Waals surface area (Å²) in [5.41, 5.74) is 4.33. The highest BCUT2D eigenvalue weighted by atomic mass is 32.1. The fourth-order valence-electron chi connectivity index (χ4n) is 4.26. The maximum absolute atomic E-state index is 4.89. The zero-order chi connectivity index (χ0) is 20.7. The Morgan fingerprint density at radius 1 is 1.20 bits per heavy atom. The van der Waals surface area contributed by atoms with E-state index in [0.717, 1.165) is 40.8 Å². The second-order valence-corrected chi connectivity index (χ2v) is 9.54. The van der Waals surface area contributed by atoms with Crippen molar-refractivity contribution in [3.8, 4) is 0 Å². The van der Waals surface area contributed by atoms with Gasteiger partial charge in [-0.3, -0.25) is 4.98 Å². The minimum atomic E-state index is 0.386. The highest BCUT2D eigenvalue weighted by Crippen LogP contribution is 2.51. The number of hydrogen-bond donors (Lipinski definition) is 1. The van der Waals surface area contributed by atoms with Gasteiger partial charge >= 0.3 is 0 Å². The Labute approximate surface area is 180 Å². The highest BCUT2D eigenvalue weighted by molar-refractivity contribution is 7.11. The molecule has 0 aliphatic heterocycles. The summed E-state index contributed by atoms with van der Waals surface area (Å²) in [6.07, 6.45) is 6.06. The van der Waals surface area contributed by atoms with Crippen molar-refractivity contribution in [3.05, 3.63) is 69.7 Å². The molecule has 3 atom stereocenters. The van der Waals surface area contributed by atoms with Crippen molar-refractivity contribution in [2.24, 2.45) is 5.92 Å². The molecule has 7 heteroatoms. The lowest BCUT2D eigenvalue weighted by molar-refractivity contribution is 0.591. The topological polar surface area (TPSA) is 68.0 Å². The van der Waals surface area contributed by atoms with Gasteiger partial charge in [-0.15, -0.1) is 11.3 Å². The number of fused-ring (bicyclic) bond motifs is 1. The molecule has 1 unspecified atom stereocenters. The average molecular weight is 419 g/mol.